The lowest BCUT2D eigenvalue weighted by Gasteiger charge is -2.23. The molecule has 6 heteroatoms. The zero-order valence-corrected chi connectivity index (χ0v) is 11.2. The number of hydrogen-bond donors (Lipinski definition) is 2. The highest BCUT2D eigenvalue weighted by molar-refractivity contribution is 5.94. The number of hydrogen-bond acceptors (Lipinski definition) is 6. The first-order chi connectivity index (χ1) is 9.83. The van der Waals surface area contributed by atoms with Crippen molar-refractivity contribution >= 4 is 16.6 Å². The summed E-state index contributed by atoms with van der Waals surface area (Å²) in [5.41, 5.74) is 11.4. The molecule has 0 spiro atoms. The normalized spacial score (nSPS) is 12.9. The number of rotatable bonds is 5. The van der Waals surface area contributed by atoms with Gasteiger partial charge >= 0.3 is 0 Å². The van der Waals surface area contributed by atoms with Crippen LogP contribution in [0.2, 0.25) is 0 Å². The van der Waals surface area contributed by atoms with E-state index < -0.39 is 0 Å². The number of nitrogens with two attached hydrogens (primary N) is 2. The minimum absolute atomic E-state index is 0.268. The SMILES string of the molecule is NCCN(CCN)c1nccc2cc3c(cc12)OCO3. The van der Waals surface area contributed by atoms with E-state index in [0.717, 1.165) is 41.2 Å². The number of benzene rings is 1. The van der Waals surface area contributed by atoms with Crippen LogP contribution in [0.15, 0.2) is 24.4 Å². The molecular formula is C14H18N4O2. The molecule has 1 aromatic carbocycles. The van der Waals surface area contributed by atoms with Crippen LogP contribution in [0.25, 0.3) is 10.8 Å². The van der Waals surface area contributed by atoms with Crippen molar-refractivity contribution in [2.24, 2.45) is 11.5 Å². The number of aromatic nitrogens is 1. The van der Waals surface area contributed by atoms with Crippen LogP contribution in [-0.4, -0.2) is 38.0 Å². The molecule has 0 fully saturated rings. The molecule has 1 aliphatic rings. The largest absolute Gasteiger partial charge is 0.454 e. The first-order valence-corrected chi connectivity index (χ1v) is 6.67. The third-order valence-corrected chi connectivity index (χ3v) is 3.33. The molecule has 4 N–H and O–H groups in total. The van der Waals surface area contributed by atoms with Gasteiger partial charge < -0.3 is 25.8 Å². The second-order valence-corrected chi connectivity index (χ2v) is 4.63. The standard InChI is InChI=1S/C14H18N4O2/c15-2-5-18(6-3-16)14-11-8-13-12(19-9-20-13)7-10(11)1-4-17-14/h1,4,7-8H,2-3,5-6,9,15-16H2. The summed E-state index contributed by atoms with van der Waals surface area (Å²) in [7, 11) is 0. The molecule has 2 aromatic rings. The zero-order chi connectivity index (χ0) is 13.9. The molecule has 1 aromatic heterocycles. The van der Waals surface area contributed by atoms with Gasteiger partial charge in [0, 0.05) is 37.8 Å². The maximum absolute atomic E-state index is 5.68. The van der Waals surface area contributed by atoms with Crippen LogP contribution in [-0.2, 0) is 0 Å². The van der Waals surface area contributed by atoms with Crippen molar-refractivity contribution < 1.29 is 9.47 Å². The number of nitrogens with zero attached hydrogens (tertiary/aromatic N) is 2. The first-order valence-electron chi connectivity index (χ1n) is 6.67. The fourth-order valence-corrected chi connectivity index (χ4v) is 2.43. The predicted octanol–water partition coefficient (Wildman–Crippen LogP) is 0.687. The molecule has 0 radical (unpaired) electrons. The van der Waals surface area contributed by atoms with Gasteiger partial charge in [-0.2, -0.15) is 0 Å². The Hall–Kier alpha value is -2.05. The predicted molar refractivity (Wildman–Crippen MR) is 78.2 cm³/mol. The average molecular weight is 274 g/mol. The molecule has 0 saturated heterocycles. The molecule has 20 heavy (non-hydrogen) atoms. The summed E-state index contributed by atoms with van der Waals surface area (Å²) in [6.45, 7) is 2.82. The molecule has 106 valence electrons. The van der Waals surface area contributed by atoms with Gasteiger partial charge in [0.05, 0.1) is 0 Å². The summed E-state index contributed by atoms with van der Waals surface area (Å²) >= 11 is 0. The molecule has 2 heterocycles. The summed E-state index contributed by atoms with van der Waals surface area (Å²) in [6, 6.07) is 5.91. The van der Waals surface area contributed by atoms with Crippen molar-refractivity contribution in [2.75, 3.05) is 37.9 Å². The Bertz CT molecular complexity index is 611. The molecular weight excluding hydrogens is 256 g/mol. The van der Waals surface area contributed by atoms with Gasteiger partial charge in [0.1, 0.15) is 5.82 Å². The van der Waals surface area contributed by atoms with Gasteiger partial charge in [-0.1, -0.05) is 0 Å². The second-order valence-electron chi connectivity index (χ2n) is 4.63. The number of anilines is 1. The van der Waals surface area contributed by atoms with Crippen LogP contribution < -0.4 is 25.8 Å². The van der Waals surface area contributed by atoms with E-state index in [4.69, 9.17) is 20.9 Å². The third kappa shape index (κ3) is 2.23. The van der Waals surface area contributed by atoms with Crippen LogP contribution in [0.4, 0.5) is 5.82 Å². The summed E-state index contributed by atoms with van der Waals surface area (Å²) in [5, 5.41) is 2.09. The minimum atomic E-state index is 0.268. The molecule has 0 atom stereocenters. The van der Waals surface area contributed by atoms with Crippen molar-refractivity contribution in [1.29, 1.82) is 0 Å². The van der Waals surface area contributed by atoms with Crippen molar-refractivity contribution in [3.05, 3.63) is 24.4 Å². The van der Waals surface area contributed by atoms with E-state index >= 15 is 0 Å². The van der Waals surface area contributed by atoms with Gasteiger partial charge in [-0.15, -0.1) is 0 Å². The van der Waals surface area contributed by atoms with Crippen LogP contribution >= 0.6 is 0 Å². The average Bonchev–Trinajstić information content (AvgIpc) is 2.91. The van der Waals surface area contributed by atoms with Gasteiger partial charge in [-0.3, -0.25) is 0 Å². The molecule has 0 bridgehead atoms. The molecule has 0 saturated carbocycles. The number of fused-ring (bicyclic) bond motifs is 2. The van der Waals surface area contributed by atoms with Crippen molar-refractivity contribution in [2.45, 2.75) is 0 Å². The van der Waals surface area contributed by atoms with E-state index in [0.29, 0.717) is 13.1 Å². The van der Waals surface area contributed by atoms with Gasteiger partial charge in [0.15, 0.2) is 11.5 Å². The number of pyridine rings is 1. The highest BCUT2D eigenvalue weighted by atomic mass is 16.7. The fourth-order valence-electron chi connectivity index (χ4n) is 2.43. The lowest BCUT2D eigenvalue weighted by molar-refractivity contribution is 0.174. The van der Waals surface area contributed by atoms with Gasteiger partial charge in [-0.25, -0.2) is 4.98 Å². The number of ether oxygens (including phenoxy) is 2. The van der Waals surface area contributed by atoms with E-state index in [1.807, 2.05) is 18.2 Å². The van der Waals surface area contributed by atoms with E-state index in [9.17, 15) is 0 Å². The van der Waals surface area contributed by atoms with Crippen LogP contribution in [0.3, 0.4) is 0 Å². The molecule has 0 amide bonds. The summed E-state index contributed by atoms with van der Waals surface area (Å²) in [5.74, 6) is 2.42. The lowest BCUT2D eigenvalue weighted by Crippen LogP contribution is -2.34. The van der Waals surface area contributed by atoms with Crippen LogP contribution in [0, 0.1) is 0 Å². The highest BCUT2D eigenvalue weighted by Gasteiger charge is 2.17. The summed E-state index contributed by atoms with van der Waals surface area (Å²) < 4.78 is 10.8. The van der Waals surface area contributed by atoms with E-state index in [-0.39, 0.29) is 6.79 Å². The summed E-state index contributed by atoms with van der Waals surface area (Å²) in [6.07, 6.45) is 1.79. The summed E-state index contributed by atoms with van der Waals surface area (Å²) in [4.78, 5) is 6.59. The maximum Gasteiger partial charge on any atom is 0.231 e. The monoisotopic (exact) mass is 274 g/mol. The van der Waals surface area contributed by atoms with Gasteiger partial charge in [0.2, 0.25) is 6.79 Å². The first kappa shape index (κ1) is 13.0. The Balaban J connectivity index is 2.10. The fraction of sp³-hybridized carbons (Fsp3) is 0.357. The third-order valence-electron chi connectivity index (χ3n) is 3.33. The van der Waals surface area contributed by atoms with Gasteiger partial charge in [-0.05, 0) is 23.6 Å². The Kier molecular flexibility index (Phi) is 3.58. The van der Waals surface area contributed by atoms with Crippen molar-refractivity contribution in [3.8, 4) is 11.5 Å². The maximum atomic E-state index is 5.68. The van der Waals surface area contributed by atoms with Crippen LogP contribution in [0.1, 0.15) is 0 Å². The lowest BCUT2D eigenvalue weighted by atomic mass is 10.1. The Morgan fingerprint density at radius 3 is 2.50 bits per heavy atom. The van der Waals surface area contributed by atoms with Crippen molar-refractivity contribution in [1.82, 2.24) is 4.98 Å². The Labute approximate surface area is 117 Å². The molecule has 1 aliphatic heterocycles. The second kappa shape index (κ2) is 5.52. The molecule has 0 aliphatic carbocycles. The van der Waals surface area contributed by atoms with Crippen molar-refractivity contribution in [3.63, 3.8) is 0 Å². The van der Waals surface area contributed by atoms with Gasteiger partial charge in [0.25, 0.3) is 0 Å². The van der Waals surface area contributed by atoms with E-state index in [1.165, 1.54) is 0 Å². The topological polar surface area (TPSA) is 86.6 Å². The zero-order valence-electron chi connectivity index (χ0n) is 11.2. The minimum Gasteiger partial charge on any atom is -0.454 e. The Morgan fingerprint density at radius 1 is 1.10 bits per heavy atom. The molecule has 0 unspecified atom stereocenters. The Morgan fingerprint density at radius 2 is 1.80 bits per heavy atom. The molecule has 3 rings (SSSR count). The highest BCUT2D eigenvalue weighted by Crippen LogP contribution is 2.38. The molecule has 6 nitrogen and oxygen atoms in total. The quantitative estimate of drug-likeness (QED) is 0.834. The van der Waals surface area contributed by atoms with Crippen LogP contribution in [0.5, 0.6) is 11.5 Å². The van der Waals surface area contributed by atoms with E-state index in [2.05, 4.69) is 9.88 Å². The smallest absolute Gasteiger partial charge is 0.231 e. The van der Waals surface area contributed by atoms with E-state index in [1.54, 1.807) is 6.20 Å².